The molecule has 9 heteroatoms. The second-order valence-corrected chi connectivity index (χ2v) is 11.6. The van der Waals surface area contributed by atoms with Crippen molar-refractivity contribution in [1.82, 2.24) is 24.8 Å². The van der Waals surface area contributed by atoms with Crippen LogP contribution in [0.2, 0.25) is 0 Å². The first-order valence-corrected chi connectivity index (χ1v) is 14.6. The molecule has 0 spiro atoms. The molecule has 1 saturated carbocycles. The topological polar surface area (TPSA) is 84.8 Å². The summed E-state index contributed by atoms with van der Waals surface area (Å²) >= 11 is 0. The van der Waals surface area contributed by atoms with Crippen molar-refractivity contribution in [3.8, 4) is 17.0 Å². The molecule has 1 N–H and O–H groups in total. The van der Waals surface area contributed by atoms with E-state index in [1.807, 2.05) is 12.5 Å². The predicted molar refractivity (Wildman–Crippen MR) is 150 cm³/mol. The lowest BCUT2D eigenvalue weighted by molar-refractivity contribution is -0.119. The monoisotopic (exact) mass is 530 g/mol. The highest BCUT2D eigenvalue weighted by Crippen LogP contribution is 2.41. The number of piperidine rings is 1. The molecule has 5 heterocycles. The Bertz CT molecular complexity index is 1320. The summed E-state index contributed by atoms with van der Waals surface area (Å²) in [5.74, 6) is 1.10. The summed E-state index contributed by atoms with van der Waals surface area (Å²) in [4.78, 5) is 26.5. The van der Waals surface area contributed by atoms with Crippen LogP contribution in [-0.2, 0) is 9.53 Å². The van der Waals surface area contributed by atoms with Gasteiger partial charge in [-0.2, -0.15) is 0 Å². The van der Waals surface area contributed by atoms with Crippen LogP contribution in [0.15, 0.2) is 36.8 Å². The number of carbonyl (C=O) groups excluding carboxylic acids is 1. The molecule has 2 aromatic heterocycles. The number of rotatable bonds is 7. The number of anilines is 1. The number of pyridine rings is 1. The third kappa shape index (κ3) is 5.10. The van der Waals surface area contributed by atoms with Crippen LogP contribution < -0.4 is 15.0 Å². The first kappa shape index (κ1) is 24.8. The molecule has 1 amide bonds. The third-order valence-electron chi connectivity index (χ3n) is 9.00. The Hall–Kier alpha value is -3.17. The van der Waals surface area contributed by atoms with E-state index in [1.165, 1.54) is 31.4 Å². The maximum absolute atomic E-state index is 11.8. The van der Waals surface area contributed by atoms with E-state index >= 15 is 0 Å². The Morgan fingerprint density at radius 3 is 2.54 bits per heavy atom. The number of nitrogens with one attached hydrogen (secondary N) is 1. The number of hydrogen-bond donors (Lipinski definition) is 1. The van der Waals surface area contributed by atoms with Crippen molar-refractivity contribution in [2.75, 3.05) is 50.8 Å². The van der Waals surface area contributed by atoms with E-state index in [1.54, 1.807) is 0 Å². The van der Waals surface area contributed by atoms with Gasteiger partial charge in [0, 0.05) is 62.7 Å². The number of imidazole rings is 1. The van der Waals surface area contributed by atoms with E-state index in [2.05, 4.69) is 50.9 Å². The van der Waals surface area contributed by atoms with Crippen molar-refractivity contribution < 1.29 is 14.3 Å². The van der Waals surface area contributed by atoms with E-state index in [4.69, 9.17) is 19.4 Å². The molecule has 1 aliphatic carbocycles. The fraction of sp³-hybridized carbons (Fsp3) is 0.567. The van der Waals surface area contributed by atoms with Gasteiger partial charge in [0.05, 0.1) is 42.6 Å². The van der Waals surface area contributed by atoms with Crippen molar-refractivity contribution in [3.05, 3.63) is 36.8 Å². The molecule has 2 atom stereocenters. The van der Waals surface area contributed by atoms with Gasteiger partial charge in [0.25, 0.3) is 0 Å². The van der Waals surface area contributed by atoms with Crippen molar-refractivity contribution in [2.45, 2.75) is 57.2 Å². The fourth-order valence-electron chi connectivity index (χ4n) is 6.43. The zero-order valence-corrected chi connectivity index (χ0v) is 22.7. The van der Waals surface area contributed by atoms with Crippen LogP contribution in [0.25, 0.3) is 22.3 Å². The Morgan fingerprint density at radius 1 is 1.03 bits per heavy atom. The molecule has 9 nitrogen and oxygen atoms in total. The number of ether oxygens (including phenoxy) is 2. The van der Waals surface area contributed by atoms with Crippen LogP contribution in [0.1, 0.15) is 45.1 Å². The van der Waals surface area contributed by atoms with Crippen molar-refractivity contribution in [3.63, 3.8) is 0 Å². The van der Waals surface area contributed by atoms with Crippen LogP contribution in [0, 0.1) is 5.92 Å². The van der Waals surface area contributed by atoms with Crippen molar-refractivity contribution >= 4 is 22.6 Å². The van der Waals surface area contributed by atoms with E-state index in [0.717, 1.165) is 67.4 Å². The normalized spacial score (nSPS) is 23.8. The Balaban J connectivity index is 1.10. The maximum atomic E-state index is 11.8. The zero-order valence-electron chi connectivity index (χ0n) is 22.7. The summed E-state index contributed by atoms with van der Waals surface area (Å²) in [7, 11) is 0. The van der Waals surface area contributed by atoms with Crippen LogP contribution in [0.4, 0.5) is 5.69 Å². The molecule has 4 aliphatic rings. The van der Waals surface area contributed by atoms with Gasteiger partial charge in [-0.25, -0.2) is 4.98 Å². The molecule has 0 unspecified atom stereocenters. The van der Waals surface area contributed by atoms with Crippen LogP contribution in [0.5, 0.6) is 5.75 Å². The van der Waals surface area contributed by atoms with Gasteiger partial charge in [0.15, 0.2) is 0 Å². The minimum Gasteiger partial charge on any atom is -0.488 e. The highest BCUT2D eigenvalue weighted by atomic mass is 16.5. The van der Waals surface area contributed by atoms with E-state index in [9.17, 15) is 4.79 Å². The number of benzene rings is 1. The molecule has 3 aromatic rings. The quantitative estimate of drug-likeness (QED) is 0.499. The number of amides is 1. The largest absolute Gasteiger partial charge is 0.488 e. The van der Waals surface area contributed by atoms with Gasteiger partial charge < -0.3 is 24.3 Å². The molecule has 3 saturated heterocycles. The summed E-state index contributed by atoms with van der Waals surface area (Å²) in [6, 6.07) is 9.72. The van der Waals surface area contributed by atoms with Gasteiger partial charge in [-0.05, 0) is 56.9 Å². The smallest absolute Gasteiger partial charge is 0.220 e. The summed E-state index contributed by atoms with van der Waals surface area (Å²) < 4.78 is 14.4. The Labute approximate surface area is 229 Å². The van der Waals surface area contributed by atoms with Gasteiger partial charge in [-0.15, -0.1) is 0 Å². The summed E-state index contributed by atoms with van der Waals surface area (Å²) in [6.07, 6.45) is 9.11. The van der Waals surface area contributed by atoms with Gasteiger partial charge in [0.2, 0.25) is 5.91 Å². The molecule has 4 fully saturated rings. The first-order valence-electron chi connectivity index (χ1n) is 14.6. The summed E-state index contributed by atoms with van der Waals surface area (Å²) in [6.45, 7) is 8.69. The average Bonchev–Trinajstić information content (AvgIpc) is 3.58. The number of morpholine rings is 1. The molecule has 0 radical (unpaired) electrons. The lowest BCUT2D eigenvalue weighted by atomic mass is 10.0. The molecule has 39 heavy (non-hydrogen) atoms. The zero-order chi connectivity index (χ0) is 26.3. The summed E-state index contributed by atoms with van der Waals surface area (Å²) in [5, 5.41) is 2.94. The third-order valence-corrected chi connectivity index (χ3v) is 9.00. The maximum Gasteiger partial charge on any atom is 0.220 e. The number of aromatic nitrogens is 3. The predicted octanol–water partition coefficient (Wildman–Crippen LogP) is 3.64. The number of hydrogen-bond acceptors (Lipinski definition) is 7. The SMILES string of the molecule is C[C@@H](Oc1cc(-c2ccc(N3CCC(N4CCOCC4)CC3)cn2)cc2ncn(C3CC3)c12)[C@H]1CNC(=O)C1. The van der Waals surface area contributed by atoms with E-state index in [-0.39, 0.29) is 17.9 Å². The van der Waals surface area contributed by atoms with Gasteiger partial charge >= 0.3 is 0 Å². The highest BCUT2D eigenvalue weighted by molar-refractivity contribution is 5.88. The molecular weight excluding hydrogens is 492 g/mol. The van der Waals surface area contributed by atoms with E-state index < -0.39 is 0 Å². The molecule has 1 aromatic carbocycles. The first-order chi connectivity index (χ1) is 19.1. The van der Waals surface area contributed by atoms with Crippen LogP contribution in [-0.4, -0.2) is 83.4 Å². The molecular formula is C30H38N6O3. The lowest BCUT2D eigenvalue weighted by Crippen LogP contribution is -2.49. The standard InChI is InChI=1S/C30H38N6O3/c1-20(22-16-29(37)32-17-22)39-28-15-21(14-27-30(28)36(19-33-27)24-2-3-24)26-5-4-25(18-31-26)34-8-6-23(7-9-34)35-10-12-38-13-11-35/h4-5,14-15,18-20,22-24H,2-3,6-13,16-17H2,1H3,(H,32,37)/t20-,22-/m1/s1. The number of carbonyl (C=O) groups is 1. The van der Waals surface area contributed by atoms with Crippen LogP contribution >= 0.6 is 0 Å². The molecule has 7 rings (SSSR count). The molecule has 206 valence electrons. The van der Waals surface area contributed by atoms with Gasteiger partial charge in [-0.1, -0.05) is 0 Å². The minimum absolute atomic E-state index is 0.0827. The summed E-state index contributed by atoms with van der Waals surface area (Å²) in [5.41, 5.74) is 5.08. The second kappa shape index (κ2) is 10.4. The van der Waals surface area contributed by atoms with Gasteiger partial charge in [-0.3, -0.25) is 14.7 Å². The second-order valence-electron chi connectivity index (χ2n) is 11.6. The fourth-order valence-corrected chi connectivity index (χ4v) is 6.43. The minimum atomic E-state index is -0.0827. The van der Waals surface area contributed by atoms with Crippen LogP contribution in [0.3, 0.4) is 0 Å². The lowest BCUT2D eigenvalue weighted by Gasteiger charge is -2.40. The number of fused-ring (bicyclic) bond motifs is 1. The van der Waals surface area contributed by atoms with Crippen molar-refractivity contribution in [1.29, 1.82) is 0 Å². The Kier molecular flexibility index (Phi) is 6.64. The number of nitrogens with zero attached hydrogens (tertiary/aromatic N) is 5. The Morgan fingerprint density at radius 2 is 1.85 bits per heavy atom. The van der Waals surface area contributed by atoms with E-state index in [0.29, 0.717) is 25.0 Å². The average molecular weight is 531 g/mol. The highest BCUT2D eigenvalue weighted by Gasteiger charge is 2.31. The molecule has 0 bridgehead atoms. The molecule has 3 aliphatic heterocycles. The van der Waals surface area contributed by atoms with Crippen molar-refractivity contribution in [2.24, 2.45) is 5.92 Å². The van der Waals surface area contributed by atoms with Gasteiger partial charge in [0.1, 0.15) is 17.4 Å².